The lowest BCUT2D eigenvalue weighted by atomic mass is 9.85. The van der Waals surface area contributed by atoms with Crippen LogP contribution in [0.4, 0.5) is 0 Å². The fourth-order valence-electron chi connectivity index (χ4n) is 3.04. The molecular formula is C17H27NO3. The minimum Gasteiger partial charge on any atom is -0.493 e. The second kappa shape index (κ2) is 8.25. The molecule has 2 N–H and O–H groups in total. The lowest BCUT2D eigenvalue weighted by Gasteiger charge is -2.31. The van der Waals surface area contributed by atoms with E-state index >= 15 is 0 Å². The smallest absolute Gasteiger partial charge is 0.161 e. The van der Waals surface area contributed by atoms with Crippen LogP contribution >= 0.6 is 0 Å². The van der Waals surface area contributed by atoms with Crippen LogP contribution in [0.5, 0.6) is 11.5 Å². The molecule has 2 rings (SSSR count). The van der Waals surface area contributed by atoms with Crippen molar-refractivity contribution in [1.29, 1.82) is 0 Å². The van der Waals surface area contributed by atoms with Gasteiger partial charge in [-0.3, -0.25) is 0 Å². The van der Waals surface area contributed by atoms with Crippen molar-refractivity contribution in [3.63, 3.8) is 0 Å². The molecule has 0 heterocycles. The molecule has 2 unspecified atom stereocenters. The van der Waals surface area contributed by atoms with Crippen molar-refractivity contribution in [3.8, 4) is 11.5 Å². The predicted octanol–water partition coefficient (Wildman–Crippen LogP) is 2.73. The lowest BCUT2D eigenvalue weighted by molar-refractivity contribution is 0.152. The molecule has 1 aromatic carbocycles. The maximum atomic E-state index is 9.46. The average molecular weight is 293 g/mol. The Morgan fingerprint density at radius 3 is 2.76 bits per heavy atom. The minimum atomic E-state index is 0.282. The summed E-state index contributed by atoms with van der Waals surface area (Å²) in [6.45, 7) is 3.68. The number of aliphatic hydroxyl groups excluding tert-OH is 1. The number of benzene rings is 1. The van der Waals surface area contributed by atoms with Crippen LogP contribution in [-0.4, -0.2) is 31.5 Å². The third kappa shape index (κ3) is 4.35. The molecule has 0 aromatic heterocycles. The third-order valence-electron chi connectivity index (χ3n) is 4.24. The zero-order chi connectivity index (χ0) is 15.1. The van der Waals surface area contributed by atoms with Crippen LogP contribution in [0, 0.1) is 5.92 Å². The number of hydrogen-bond acceptors (Lipinski definition) is 4. The van der Waals surface area contributed by atoms with Crippen molar-refractivity contribution in [2.75, 3.05) is 20.3 Å². The van der Waals surface area contributed by atoms with Gasteiger partial charge in [-0.15, -0.1) is 0 Å². The number of rotatable bonds is 7. The Hall–Kier alpha value is -1.26. The molecule has 1 saturated carbocycles. The Morgan fingerprint density at radius 2 is 2.05 bits per heavy atom. The lowest BCUT2D eigenvalue weighted by Crippen LogP contribution is -2.39. The summed E-state index contributed by atoms with van der Waals surface area (Å²) in [5.41, 5.74) is 1.18. The van der Waals surface area contributed by atoms with Crippen LogP contribution < -0.4 is 14.8 Å². The molecule has 0 aliphatic heterocycles. The van der Waals surface area contributed by atoms with Gasteiger partial charge in [-0.05, 0) is 43.4 Å². The minimum absolute atomic E-state index is 0.282. The Labute approximate surface area is 127 Å². The van der Waals surface area contributed by atoms with Gasteiger partial charge < -0.3 is 19.9 Å². The van der Waals surface area contributed by atoms with E-state index in [1.807, 2.05) is 19.1 Å². The molecule has 0 amide bonds. The zero-order valence-electron chi connectivity index (χ0n) is 13.1. The van der Waals surface area contributed by atoms with E-state index in [0.29, 0.717) is 18.6 Å². The maximum Gasteiger partial charge on any atom is 0.161 e. The van der Waals surface area contributed by atoms with Crippen molar-refractivity contribution in [2.24, 2.45) is 5.92 Å². The molecular weight excluding hydrogens is 266 g/mol. The number of methoxy groups -OCH3 is 1. The van der Waals surface area contributed by atoms with Gasteiger partial charge in [-0.1, -0.05) is 18.9 Å². The third-order valence-corrected chi connectivity index (χ3v) is 4.24. The summed E-state index contributed by atoms with van der Waals surface area (Å²) in [7, 11) is 1.66. The summed E-state index contributed by atoms with van der Waals surface area (Å²) in [6, 6.07) is 6.46. The van der Waals surface area contributed by atoms with E-state index in [1.165, 1.54) is 18.4 Å². The highest BCUT2D eigenvalue weighted by molar-refractivity contribution is 5.42. The Balaban J connectivity index is 1.97. The van der Waals surface area contributed by atoms with Crippen LogP contribution in [-0.2, 0) is 6.54 Å². The summed E-state index contributed by atoms with van der Waals surface area (Å²) >= 11 is 0. The normalized spacial score (nSPS) is 22.0. The topological polar surface area (TPSA) is 50.7 Å². The number of aliphatic hydroxyl groups is 1. The van der Waals surface area contributed by atoms with E-state index in [1.54, 1.807) is 7.11 Å². The molecule has 4 nitrogen and oxygen atoms in total. The van der Waals surface area contributed by atoms with Crippen LogP contribution in [0.15, 0.2) is 18.2 Å². The van der Waals surface area contributed by atoms with E-state index in [0.717, 1.165) is 30.9 Å². The number of ether oxygens (including phenoxy) is 2. The number of nitrogens with one attached hydrogen (secondary N) is 1. The second-order valence-corrected chi connectivity index (χ2v) is 5.63. The van der Waals surface area contributed by atoms with E-state index in [4.69, 9.17) is 9.47 Å². The van der Waals surface area contributed by atoms with Crippen LogP contribution in [0.3, 0.4) is 0 Å². The molecule has 118 valence electrons. The van der Waals surface area contributed by atoms with E-state index in [2.05, 4.69) is 11.4 Å². The maximum absolute atomic E-state index is 9.46. The van der Waals surface area contributed by atoms with Crippen molar-refractivity contribution in [3.05, 3.63) is 23.8 Å². The molecule has 4 heteroatoms. The van der Waals surface area contributed by atoms with E-state index < -0.39 is 0 Å². The number of hydrogen-bond donors (Lipinski definition) is 2. The molecule has 0 radical (unpaired) electrons. The summed E-state index contributed by atoms with van der Waals surface area (Å²) in [4.78, 5) is 0. The highest BCUT2D eigenvalue weighted by atomic mass is 16.5. The summed E-state index contributed by atoms with van der Waals surface area (Å²) in [6.07, 6.45) is 4.77. The van der Waals surface area contributed by atoms with Gasteiger partial charge in [0.2, 0.25) is 0 Å². The Morgan fingerprint density at radius 1 is 1.24 bits per heavy atom. The average Bonchev–Trinajstić information content (AvgIpc) is 2.53. The Kier molecular flexibility index (Phi) is 6.33. The quantitative estimate of drug-likeness (QED) is 0.811. The van der Waals surface area contributed by atoms with Gasteiger partial charge in [0.15, 0.2) is 11.5 Å². The van der Waals surface area contributed by atoms with Crippen LogP contribution in [0.2, 0.25) is 0 Å². The van der Waals surface area contributed by atoms with Crippen molar-refractivity contribution in [2.45, 2.75) is 45.2 Å². The molecule has 0 spiro atoms. The second-order valence-electron chi connectivity index (χ2n) is 5.63. The first-order valence-corrected chi connectivity index (χ1v) is 7.92. The molecule has 1 aliphatic rings. The molecule has 1 aliphatic carbocycles. The van der Waals surface area contributed by atoms with Gasteiger partial charge >= 0.3 is 0 Å². The molecule has 0 bridgehead atoms. The van der Waals surface area contributed by atoms with Gasteiger partial charge in [0.25, 0.3) is 0 Å². The van der Waals surface area contributed by atoms with Gasteiger partial charge in [-0.25, -0.2) is 0 Å². The largest absolute Gasteiger partial charge is 0.493 e. The van der Waals surface area contributed by atoms with Crippen LogP contribution in [0.1, 0.15) is 38.2 Å². The van der Waals surface area contributed by atoms with Crippen molar-refractivity contribution >= 4 is 0 Å². The first-order chi connectivity index (χ1) is 10.3. The van der Waals surface area contributed by atoms with Gasteiger partial charge in [0.05, 0.1) is 13.7 Å². The van der Waals surface area contributed by atoms with Crippen molar-refractivity contribution in [1.82, 2.24) is 5.32 Å². The standard InChI is InChI=1S/C17H27NO3/c1-3-21-17-10-13(8-9-16(17)20-2)11-18-15-7-5-4-6-14(15)12-19/h8-10,14-15,18-19H,3-7,11-12H2,1-2H3. The van der Waals surface area contributed by atoms with Gasteiger partial charge in [0, 0.05) is 19.2 Å². The monoisotopic (exact) mass is 293 g/mol. The van der Waals surface area contributed by atoms with Gasteiger partial charge in [0.1, 0.15) is 0 Å². The predicted molar refractivity (Wildman–Crippen MR) is 83.8 cm³/mol. The van der Waals surface area contributed by atoms with Crippen molar-refractivity contribution < 1.29 is 14.6 Å². The first kappa shape index (κ1) is 16.1. The van der Waals surface area contributed by atoms with E-state index in [9.17, 15) is 5.11 Å². The summed E-state index contributed by atoms with van der Waals surface area (Å²) in [5, 5.41) is 13.1. The highest BCUT2D eigenvalue weighted by Gasteiger charge is 2.23. The summed E-state index contributed by atoms with van der Waals surface area (Å²) < 4.78 is 10.9. The molecule has 21 heavy (non-hydrogen) atoms. The molecule has 1 aromatic rings. The fraction of sp³-hybridized carbons (Fsp3) is 0.647. The molecule has 1 fully saturated rings. The highest BCUT2D eigenvalue weighted by Crippen LogP contribution is 2.29. The summed E-state index contributed by atoms with van der Waals surface area (Å²) in [5.74, 6) is 1.96. The SMILES string of the molecule is CCOc1cc(CNC2CCCCC2CO)ccc1OC. The Bertz CT molecular complexity index is 436. The van der Waals surface area contributed by atoms with E-state index in [-0.39, 0.29) is 6.61 Å². The van der Waals surface area contributed by atoms with Crippen LogP contribution in [0.25, 0.3) is 0 Å². The molecule has 2 atom stereocenters. The van der Waals surface area contributed by atoms with Gasteiger partial charge in [-0.2, -0.15) is 0 Å². The first-order valence-electron chi connectivity index (χ1n) is 7.92. The molecule has 0 saturated heterocycles. The zero-order valence-corrected chi connectivity index (χ0v) is 13.1. The fourth-order valence-corrected chi connectivity index (χ4v) is 3.04.